The Bertz CT molecular complexity index is 546. The lowest BCUT2D eigenvalue weighted by Gasteiger charge is -2.06. The molecule has 2 heteroatoms. The van der Waals surface area contributed by atoms with E-state index in [-0.39, 0.29) is 5.78 Å². The third-order valence-corrected chi connectivity index (χ3v) is 3.81. The maximum absolute atomic E-state index is 12.1. The minimum atomic E-state index is 0.196. The van der Waals surface area contributed by atoms with Gasteiger partial charge in [0.2, 0.25) is 0 Å². The fourth-order valence-electron chi connectivity index (χ4n) is 1.87. The first-order valence-electron chi connectivity index (χ1n) is 5.95. The molecule has 0 aliphatic carbocycles. The van der Waals surface area contributed by atoms with Gasteiger partial charge in [-0.2, -0.15) is 0 Å². The summed E-state index contributed by atoms with van der Waals surface area (Å²) in [4.78, 5) is 13.3. The summed E-state index contributed by atoms with van der Waals surface area (Å²) in [5.41, 5.74) is 3.09. The summed E-state index contributed by atoms with van der Waals surface area (Å²) in [7, 11) is 0. The van der Waals surface area contributed by atoms with Gasteiger partial charge in [0.15, 0.2) is 5.78 Å². The van der Waals surface area contributed by atoms with Gasteiger partial charge in [-0.25, -0.2) is 0 Å². The second-order valence-corrected chi connectivity index (χ2v) is 5.39. The molecule has 0 spiro atoms. The third kappa shape index (κ3) is 3.23. The van der Waals surface area contributed by atoms with Gasteiger partial charge < -0.3 is 0 Å². The number of thioether (sulfide) groups is 1. The highest BCUT2D eigenvalue weighted by Gasteiger charge is 2.09. The number of hydrogen-bond donors (Lipinski definition) is 0. The molecule has 0 radical (unpaired) electrons. The normalized spacial score (nSPS) is 10.3. The Kier molecular flexibility index (Phi) is 4.21. The molecule has 0 saturated heterocycles. The Morgan fingerprint density at radius 3 is 2.44 bits per heavy atom. The van der Waals surface area contributed by atoms with Gasteiger partial charge in [-0.1, -0.05) is 42.0 Å². The molecule has 0 aliphatic heterocycles. The number of rotatable bonds is 4. The molecule has 1 nitrogen and oxygen atoms in total. The zero-order chi connectivity index (χ0) is 13.0. The summed E-state index contributed by atoms with van der Waals surface area (Å²) in [5, 5.41) is 0. The van der Waals surface area contributed by atoms with Crippen LogP contribution in [0.25, 0.3) is 0 Å². The van der Waals surface area contributed by atoms with Crippen LogP contribution < -0.4 is 0 Å². The Morgan fingerprint density at radius 1 is 1.06 bits per heavy atom. The highest BCUT2D eigenvalue weighted by molar-refractivity contribution is 8.00. The number of ketones is 1. The average Bonchev–Trinajstić information content (AvgIpc) is 2.37. The Hall–Kier alpha value is -1.54. The second-order valence-electron chi connectivity index (χ2n) is 4.34. The number of Topliss-reactive ketones (excluding diaryl/α,β-unsaturated/α-hetero) is 1. The number of benzene rings is 2. The van der Waals surface area contributed by atoms with Crippen molar-refractivity contribution >= 4 is 17.5 Å². The Morgan fingerprint density at radius 2 is 1.78 bits per heavy atom. The molecule has 18 heavy (non-hydrogen) atoms. The smallest absolute Gasteiger partial charge is 0.173 e. The summed E-state index contributed by atoms with van der Waals surface area (Å²) < 4.78 is 0. The largest absolute Gasteiger partial charge is 0.293 e. The van der Waals surface area contributed by atoms with Crippen molar-refractivity contribution in [2.45, 2.75) is 18.7 Å². The summed E-state index contributed by atoms with van der Waals surface area (Å²) in [5.74, 6) is 0.690. The molecule has 0 unspecified atom stereocenters. The van der Waals surface area contributed by atoms with E-state index >= 15 is 0 Å². The first-order valence-corrected chi connectivity index (χ1v) is 6.93. The molecule has 2 aromatic rings. The first-order chi connectivity index (χ1) is 8.66. The van der Waals surface area contributed by atoms with Crippen LogP contribution in [0, 0.1) is 13.8 Å². The van der Waals surface area contributed by atoms with Crippen LogP contribution in [0.1, 0.15) is 21.5 Å². The van der Waals surface area contributed by atoms with E-state index in [0.29, 0.717) is 5.75 Å². The summed E-state index contributed by atoms with van der Waals surface area (Å²) in [6.45, 7) is 4.04. The van der Waals surface area contributed by atoms with Crippen LogP contribution in [0.3, 0.4) is 0 Å². The molecule has 0 amide bonds. The number of carbonyl (C=O) groups excluding carboxylic acids is 1. The Balaban J connectivity index is 2.04. The van der Waals surface area contributed by atoms with E-state index < -0.39 is 0 Å². The molecule has 92 valence electrons. The molecule has 0 aliphatic rings. The van der Waals surface area contributed by atoms with Crippen LogP contribution in [0.15, 0.2) is 53.4 Å². The number of hydrogen-bond acceptors (Lipinski definition) is 2. The van der Waals surface area contributed by atoms with Crippen molar-refractivity contribution in [3.63, 3.8) is 0 Å². The molecule has 0 saturated carbocycles. The van der Waals surface area contributed by atoms with Crippen molar-refractivity contribution in [3.8, 4) is 0 Å². The van der Waals surface area contributed by atoms with E-state index in [1.807, 2.05) is 56.3 Å². The monoisotopic (exact) mass is 256 g/mol. The lowest BCUT2D eigenvalue weighted by Crippen LogP contribution is -2.04. The van der Waals surface area contributed by atoms with Gasteiger partial charge in [-0.15, -0.1) is 11.8 Å². The van der Waals surface area contributed by atoms with Crippen LogP contribution in [-0.4, -0.2) is 11.5 Å². The molecule has 0 N–H and O–H groups in total. The van der Waals surface area contributed by atoms with E-state index in [4.69, 9.17) is 0 Å². The molecule has 0 aromatic heterocycles. The summed E-state index contributed by atoms with van der Waals surface area (Å²) in [6, 6.07) is 16.0. The predicted molar refractivity (Wildman–Crippen MR) is 77.4 cm³/mol. The number of aryl methyl sites for hydroxylation is 2. The molecule has 0 atom stereocenters. The van der Waals surface area contributed by atoms with Gasteiger partial charge in [0.25, 0.3) is 0 Å². The molecule has 0 bridgehead atoms. The van der Waals surface area contributed by atoms with Crippen molar-refractivity contribution in [2.75, 3.05) is 5.75 Å². The first kappa shape index (κ1) is 12.9. The zero-order valence-corrected chi connectivity index (χ0v) is 11.5. The number of carbonyl (C=O) groups is 1. The minimum Gasteiger partial charge on any atom is -0.293 e. The van der Waals surface area contributed by atoms with Crippen molar-refractivity contribution < 1.29 is 4.79 Å². The van der Waals surface area contributed by atoms with Crippen LogP contribution >= 0.6 is 11.8 Å². The fourth-order valence-corrected chi connectivity index (χ4v) is 2.67. The van der Waals surface area contributed by atoms with Crippen molar-refractivity contribution in [1.82, 2.24) is 0 Å². The third-order valence-electron chi connectivity index (χ3n) is 2.80. The lowest BCUT2D eigenvalue weighted by atomic mass is 10.0. The second kappa shape index (κ2) is 5.87. The van der Waals surface area contributed by atoms with Crippen LogP contribution in [0.4, 0.5) is 0 Å². The Labute approximate surface area is 112 Å². The fraction of sp³-hybridized carbons (Fsp3) is 0.188. The van der Waals surface area contributed by atoms with E-state index in [1.165, 1.54) is 5.56 Å². The van der Waals surface area contributed by atoms with Crippen molar-refractivity contribution in [1.29, 1.82) is 0 Å². The van der Waals surface area contributed by atoms with E-state index in [9.17, 15) is 4.79 Å². The zero-order valence-electron chi connectivity index (χ0n) is 10.6. The topological polar surface area (TPSA) is 17.1 Å². The van der Waals surface area contributed by atoms with Gasteiger partial charge >= 0.3 is 0 Å². The maximum Gasteiger partial charge on any atom is 0.173 e. The summed E-state index contributed by atoms with van der Waals surface area (Å²) in [6.07, 6.45) is 0. The average molecular weight is 256 g/mol. The van der Waals surface area contributed by atoms with Crippen LogP contribution in [0.2, 0.25) is 0 Å². The quantitative estimate of drug-likeness (QED) is 0.600. The van der Waals surface area contributed by atoms with Gasteiger partial charge in [-0.05, 0) is 31.5 Å². The van der Waals surface area contributed by atoms with Gasteiger partial charge in [0.1, 0.15) is 0 Å². The van der Waals surface area contributed by atoms with Crippen LogP contribution in [-0.2, 0) is 0 Å². The van der Waals surface area contributed by atoms with E-state index in [1.54, 1.807) is 11.8 Å². The molecule has 2 rings (SSSR count). The maximum atomic E-state index is 12.1. The lowest BCUT2D eigenvalue weighted by molar-refractivity contribution is 0.102. The molecule has 0 heterocycles. The highest BCUT2D eigenvalue weighted by atomic mass is 32.2. The van der Waals surface area contributed by atoms with E-state index in [0.717, 1.165) is 16.0 Å². The van der Waals surface area contributed by atoms with Gasteiger partial charge in [0, 0.05) is 10.5 Å². The summed E-state index contributed by atoms with van der Waals surface area (Å²) >= 11 is 1.59. The van der Waals surface area contributed by atoms with Crippen molar-refractivity contribution in [3.05, 3.63) is 65.2 Å². The van der Waals surface area contributed by atoms with Gasteiger partial charge in [-0.3, -0.25) is 4.79 Å². The standard InChI is InChI=1S/C16H16OS/c1-12-8-9-15(13(2)10-12)16(17)11-18-14-6-4-3-5-7-14/h3-10H,11H2,1-2H3. The molecular formula is C16H16OS. The molecular weight excluding hydrogens is 240 g/mol. The predicted octanol–water partition coefficient (Wildman–Crippen LogP) is 4.28. The van der Waals surface area contributed by atoms with Crippen molar-refractivity contribution in [2.24, 2.45) is 0 Å². The highest BCUT2D eigenvalue weighted by Crippen LogP contribution is 2.20. The molecule has 0 fully saturated rings. The van der Waals surface area contributed by atoms with E-state index in [2.05, 4.69) is 6.07 Å². The minimum absolute atomic E-state index is 0.196. The van der Waals surface area contributed by atoms with Gasteiger partial charge in [0.05, 0.1) is 5.75 Å². The van der Waals surface area contributed by atoms with Crippen LogP contribution in [0.5, 0.6) is 0 Å². The molecule has 2 aromatic carbocycles. The SMILES string of the molecule is Cc1ccc(C(=O)CSc2ccccc2)c(C)c1.